The van der Waals surface area contributed by atoms with Gasteiger partial charge in [0.1, 0.15) is 6.29 Å². The van der Waals surface area contributed by atoms with Crippen molar-refractivity contribution in [1.82, 2.24) is 4.90 Å². The van der Waals surface area contributed by atoms with Gasteiger partial charge in [0.2, 0.25) is 0 Å². The largest absolute Gasteiger partial charge is 0.302 e. The molecule has 0 radical (unpaired) electrons. The maximum Gasteiger partial charge on any atom is 0.137 e. The first kappa shape index (κ1) is 14.6. The summed E-state index contributed by atoms with van der Waals surface area (Å²) in [5.74, 6) is 0. The standard InChI is InChI=1S/C13H27NO/c1-4-7-10-14(11-8-5-2)13(12-15)9-6-3/h12-13H,4-11H2,1-3H3. The molecule has 0 rings (SSSR count). The molecule has 0 saturated carbocycles. The van der Waals surface area contributed by atoms with Crippen molar-refractivity contribution in [2.24, 2.45) is 0 Å². The van der Waals surface area contributed by atoms with Crippen molar-refractivity contribution in [3.05, 3.63) is 0 Å². The van der Waals surface area contributed by atoms with Crippen molar-refractivity contribution >= 4 is 6.29 Å². The number of unbranched alkanes of at least 4 members (excludes halogenated alkanes) is 2. The quantitative estimate of drug-likeness (QED) is 0.519. The summed E-state index contributed by atoms with van der Waals surface area (Å²) in [4.78, 5) is 13.4. The lowest BCUT2D eigenvalue weighted by atomic mass is 10.1. The van der Waals surface area contributed by atoms with Crippen LogP contribution in [0.1, 0.15) is 59.3 Å². The minimum atomic E-state index is 0.160. The Bertz CT molecular complexity index is 139. The second kappa shape index (κ2) is 10.2. The Morgan fingerprint density at radius 2 is 1.53 bits per heavy atom. The first-order chi connectivity index (χ1) is 7.29. The molecule has 0 aromatic heterocycles. The summed E-state index contributed by atoms with van der Waals surface area (Å²) in [6.45, 7) is 8.72. The second-order valence-corrected chi connectivity index (χ2v) is 4.24. The van der Waals surface area contributed by atoms with Crippen LogP contribution in [0.2, 0.25) is 0 Å². The van der Waals surface area contributed by atoms with Crippen molar-refractivity contribution in [2.75, 3.05) is 13.1 Å². The third-order valence-electron chi connectivity index (χ3n) is 2.81. The molecule has 0 heterocycles. The Labute approximate surface area is 95.0 Å². The third kappa shape index (κ3) is 6.67. The lowest BCUT2D eigenvalue weighted by molar-refractivity contribution is -0.112. The van der Waals surface area contributed by atoms with E-state index in [0.717, 1.165) is 32.2 Å². The highest BCUT2D eigenvalue weighted by molar-refractivity contribution is 5.57. The van der Waals surface area contributed by atoms with E-state index in [0.29, 0.717) is 0 Å². The Balaban J connectivity index is 4.08. The molecular weight excluding hydrogens is 186 g/mol. The normalized spacial score (nSPS) is 13.1. The number of hydrogen-bond acceptors (Lipinski definition) is 2. The lowest BCUT2D eigenvalue weighted by Gasteiger charge is -2.27. The van der Waals surface area contributed by atoms with E-state index in [-0.39, 0.29) is 6.04 Å². The highest BCUT2D eigenvalue weighted by Crippen LogP contribution is 2.08. The number of hydrogen-bond donors (Lipinski definition) is 0. The van der Waals surface area contributed by atoms with Gasteiger partial charge >= 0.3 is 0 Å². The van der Waals surface area contributed by atoms with E-state index in [1.54, 1.807) is 0 Å². The van der Waals surface area contributed by atoms with Crippen LogP contribution in [0, 0.1) is 0 Å². The van der Waals surface area contributed by atoms with E-state index in [2.05, 4.69) is 25.7 Å². The number of rotatable bonds is 10. The summed E-state index contributed by atoms with van der Waals surface area (Å²) in [7, 11) is 0. The van der Waals surface area contributed by atoms with Crippen LogP contribution in [0.25, 0.3) is 0 Å². The van der Waals surface area contributed by atoms with E-state index < -0.39 is 0 Å². The number of nitrogens with zero attached hydrogens (tertiary/aromatic N) is 1. The maximum atomic E-state index is 11.0. The van der Waals surface area contributed by atoms with Crippen LogP contribution in [0.15, 0.2) is 0 Å². The Kier molecular flexibility index (Phi) is 9.91. The number of carbonyl (C=O) groups excluding carboxylic acids is 1. The van der Waals surface area contributed by atoms with Gasteiger partial charge in [-0.3, -0.25) is 4.90 Å². The summed E-state index contributed by atoms with van der Waals surface area (Å²) >= 11 is 0. The van der Waals surface area contributed by atoms with E-state index in [1.807, 2.05) is 0 Å². The van der Waals surface area contributed by atoms with Crippen molar-refractivity contribution in [1.29, 1.82) is 0 Å². The molecule has 0 N–H and O–H groups in total. The molecule has 0 aliphatic carbocycles. The summed E-state index contributed by atoms with van der Waals surface area (Å²) < 4.78 is 0. The first-order valence-electron chi connectivity index (χ1n) is 6.49. The van der Waals surface area contributed by atoms with Crippen LogP contribution >= 0.6 is 0 Å². The van der Waals surface area contributed by atoms with Gasteiger partial charge in [-0.15, -0.1) is 0 Å². The topological polar surface area (TPSA) is 20.3 Å². The molecule has 0 spiro atoms. The average molecular weight is 213 g/mol. The van der Waals surface area contributed by atoms with Gasteiger partial charge in [0.25, 0.3) is 0 Å². The van der Waals surface area contributed by atoms with Crippen LogP contribution in [0.5, 0.6) is 0 Å². The molecule has 0 aromatic carbocycles. The lowest BCUT2D eigenvalue weighted by Crippen LogP contribution is -2.37. The number of aldehydes is 1. The molecule has 0 amide bonds. The predicted molar refractivity (Wildman–Crippen MR) is 66.1 cm³/mol. The molecule has 90 valence electrons. The molecule has 0 aromatic rings. The Hall–Kier alpha value is -0.370. The first-order valence-corrected chi connectivity index (χ1v) is 6.49. The Morgan fingerprint density at radius 3 is 1.87 bits per heavy atom. The highest BCUT2D eigenvalue weighted by Gasteiger charge is 2.15. The zero-order valence-corrected chi connectivity index (χ0v) is 10.7. The number of carbonyl (C=O) groups is 1. The van der Waals surface area contributed by atoms with Gasteiger partial charge in [0, 0.05) is 0 Å². The fraction of sp³-hybridized carbons (Fsp3) is 0.923. The molecule has 15 heavy (non-hydrogen) atoms. The van der Waals surface area contributed by atoms with Crippen LogP contribution in [0.3, 0.4) is 0 Å². The summed E-state index contributed by atoms with van der Waals surface area (Å²) in [6, 6.07) is 0.160. The molecule has 2 heteroatoms. The van der Waals surface area contributed by atoms with Crippen LogP contribution in [0.4, 0.5) is 0 Å². The molecule has 0 aliphatic rings. The van der Waals surface area contributed by atoms with Gasteiger partial charge in [-0.05, 0) is 32.4 Å². The van der Waals surface area contributed by atoms with Gasteiger partial charge in [-0.2, -0.15) is 0 Å². The summed E-state index contributed by atoms with van der Waals surface area (Å²) in [6.07, 6.45) is 8.07. The van der Waals surface area contributed by atoms with Crippen molar-refractivity contribution in [3.8, 4) is 0 Å². The van der Waals surface area contributed by atoms with Crippen molar-refractivity contribution < 1.29 is 4.79 Å². The van der Waals surface area contributed by atoms with Crippen molar-refractivity contribution in [3.63, 3.8) is 0 Å². The minimum Gasteiger partial charge on any atom is -0.302 e. The third-order valence-corrected chi connectivity index (χ3v) is 2.81. The minimum absolute atomic E-state index is 0.160. The molecule has 2 nitrogen and oxygen atoms in total. The molecule has 1 unspecified atom stereocenters. The van der Waals surface area contributed by atoms with E-state index in [9.17, 15) is 4.79 Å². The summed E-state index contributed by atoms with van der Waals surface area (Å²) in [5.41, 5.74) is 0. The fourth-order valence-corrected chi connectivity index (χ4v) is 1.80. The SMILES string of the molecule is CCCCN(CCCC)C(C=O)CCC. The smallest absolute Gasteiger partial charge is 0.137 e. The zero-order chi connectivity index (χ0) is 11.5. The van der Waals surface area contributed by atoms with Crippen LogP contribution in [-0.4, -0.2) is 30.3 Å². The van der Waals surface area contributed by atoms with Gasteiger partial charge in [-0.25, -0.2) is 0 Å². The van der Waals surface area contributed by atoms with E-state index in [4.69, 9.17) is 0 Å². The average Bonchev–Trinajstić information content (AvgIpc) is 2.27. The second-order valence-electron chi connectivity index (χ2n) is 4.24. The molecule has 0 saturated heterocycles. The van der Waals surface area contributed by atoms with Gasteiger partial charge in [0.15, 0.2) is 0 Å². The van der Waals surface area contributed by atoms with Crippen LogP contribution < -0.4 is 0 Å². The maximum absolute atomic E-state index is 11.0. The molecular formula is C13H27NO. The fourth-order valence-electron chi connectivity index (χ4n) is 1.80. The van der Waals surface area contributed by atoms with E-state index in [1.165, 1.54) is 25.7 Å². The monoisotopic (exact) mass is 213 g/mol. The molecule has 0 aliphatic heterocycles. The van der Waals surface area contributed by atoms with Crippen LogP contribution in [-0.2, 0) is 4.79 Å². The van der Waals surface area contributed by atoms with Crippen molar-refractivity contribution in [2.45, 2.75) is 65.3 Å². The molecule has 1 atom stereocenters. The predicted octanol–water partition coefficient (Wildman–Crippen LogP) is 3.26. The van der Waals surface area contributed by atoms with Gasteiger partial charge in [0.05, 0.1) is 6.04 Å². The van der Waals surface area contributed by atoms with Gasteiger partial charge < -0.3 is 4.79 Å². The Morgan fingerprint density at radius 1 is 1.00 bits per heavy atom. The summed E-state index contributed by atoms with van der Waals surface area (Å²) in [5, 5.41) is 0. The molecule has 0 fully saturated rings. The molecule has 0 bridgehead atoms. The highest BCUT2D eigenvalue weighted by atomic mass is 16.1. The van der Waals surface area contributed by atoms with E-state index >= 15 is 0 Å². The van der Waals surface area contributed by atoms with Gasteiger partial charge in [-0.1, -0.05) is 40.0 Å². The zero-order valence-electron chi connectivity index (χ0n) is 10.7.